The molecule has 0 bridgehead atoms. The van der Waals surface area contributed by atoms with Crippen LogP contribution in [0.1, 0.15) is 33.6 Å². The van der Waals surface area contributed by atoms with Crippen LogP contribution in [0.5, 0.6) is 0 Å². The van der Waals surface area contributed by atoms with Gasteiger partial charge in [0.05, 0.1) is 18.7 Å². The highest BCUT2D eigenvalue weighted by molar-refractivity contribution is 5.81. The molecule has 15 heavy (non-hydrogen) atoms. The van der Waals surface area contributed by atoms with E-state index in [0.29, 0.717) is 6.54 Å². The SMILES string of the molecule is CCCCNC(=O)C(C)N(CC)CC#N. The summed E-state index contributed by atoms with van der Waals surface area (Å²) in [5.74, 6) is 0.0144. The van der Waals surface area contributed by atoms with Gasteiger partial charge >= 0.3 is 0 Å². The van der Waals surface area contributed by atoms with E-state index in [0.717, 1.165) is 25.9 Å². The van der Waals surface area contributed by atoms with Crippen LogP contribution in [0, 0.1) is 11.3 Å². The molecule has 0 aliphatic rings. The number of hydrogen-bond donors (Lipinski definition) is 1. The van der Waals surface area contributed by atoms with Crippen LogP contribution in [0.2, 0.25) is 0 Å². The number of amides is 1. The van der Waals surface area contributed by atoms with Gasteiger partial charge in [-0.1, -0.05) is 20.3 Å². The molecular weight excluding hydrogens is 190 g/mol. The largest absolute Gasteiger partial charge is 0.355 e. The van der Waals surface area contributed by atoms with Crippen LogP contribution in [0.25, 0.3) is 0 Å². The van der Waals surface area contributed by atoms with Crippen LogP contribution in [0.3, 0.4) is 0 Å². The zero-order valence-electron chi connectivity index (χ0n) is 9.92. The smallest absolute Gasteiger partial charge is 0.237 e. The summed E-state index contributed by atoms with van der Waals surface area (Å²) in [4.78, 5) is 13.5. The summed E-state index contributed by atoms with van der Waals surface area (Å²) in [5, 5.41) is 11.5. The van der Waals surface area contributed by atoms with E-state index in [-0.39, 0.29) is 11.9 Å². The zero-order valence-corrected chi connectivity index (χ0v) is 9.92. The number of nitrogens with one attached hydrogen (secondary N) is 1. The van der Waals surface area contributed by atoms with Gasteiger partial charge in [0.15, 0.2) is 0 Å². The predicted octanol–water partition coefficient (Wildman–Crippen LogP) is 1.14. The second-order valence-electron chi connectivity index (χ2n) is 3.54. The second kappa shape index (κ2) is 8.25. The van der Waals surface area contributed by atoms with Crippen LogP contribution in [-0.4, -0.2) is 36.5 Å². The fraction of sp³-hybridized carbons (Fsp3) is 0.818. The van der Waals surface area contributed by atoms with Crippen LogP contribution in [0.15, 0.2) is 0 Å². The van der Waals surface area contributed by atoms with E-state index in [2.05, 4.69) is 18.3 Å². The average Bonchev–Trinajstić information content (AvgIpc) is 2.25. The van der Waals surface area contributed by atoms with Gasteiger partial charge in [0.2, 0.25) is 5.91 Å². The molecule has 0 aromatic rings. The summed E-state index contributed by atoms with van der Waals surface area (Å²) in [6.45, 7) is 7.62. The number of unbranched alkanes of at least 4 members (excludes halogenated alkanes) is 1. The van der Waals surface area contributed by atoms with Crippen LogP contribution >= 0.6 is 0 Å². The summed E-state index contributed by atoms with van der Waals surface area (Å²) in [6.07, 6.45) is 2.08. The van der Waals surface area contributed by atoms with Crippen LogP contribution in [0.4, 0.5) is 0 Å². The van der Waals surface area contributed by atoms with E-state index in [1.165, 1.54) is 0 Å². The van der Waals surface area contributed by atoms with Gasteiger partial charge in [-0.2, -0.15) is 5.26 Å². The van der Waals surface area contributed by atoms with Crippen molar-refractivity contribution in [3.05, 3.63) is 0 Å². The quantitative estimate of drug-likeness (QED) is 0.507. The van der Waals surface area contributed by atoms with Gasteiger partial charge in [-0.3, -0.25) is 9.69 Å². The molecule has 0 aliphatic carbocycles. The third-order valence-corrected chi connectivity index (χ3v) is 2.44. The topological polar surface area (TPSA) is 56.1 Å². The standard InChI is InChI=1S/C11H21N3O/c1-4-6-8-13-11(15)10(3)14(5-2)9-7-12/h10H,4-6,8-9H2,1-3H3,(H,13,15). The molecule has 0 aliphatic heterocycles. The summed E-state index contributed by atoms with van der Waals surface area (Å²) in [5.41, 5.74) is 0. The molecule has 1 unspecified atom stereocenters. The maximum absolute atomic E-state index is 11.6. The Morgan fingerprint density at radius 2 is 2.20 bits per heavy atom. The lowest BCUT2D eigenvalue weighted by Gasteiger charge is -2.24. The molecule has 0 aromatic heterocycles. The van der Waals surface area contributed by atoms with E-state index in [9.17, 15) is 4.79 Å². The lowest BCUT2D eigenvalue weighted by molar-refractivity contribution is -0.125. The Morgan fingerprint density at radius 1 is 1.53 bits per heavy atom. The Bertz CT molecular complexity index is 222. The molecule has 0 fully saturated rings. The first-order valence-corrected chi connectivity index (χ1v) is 5.56. The van der Waals surface area contributed by atoms with Crippen molar-refractivity contribution in [3.63, 3.8) is 0 Å². The number of nitrogens with zero attached hydrogens (tertiary/aromatic N) is 2. The fourth-order valence-electron chi connectivity index (χ4n) is 1.32. The Morgan fingerprint density at radius 3 is 2.67 bits per heavy atom. The van der Waals surface area contributed by atoms with Crippen molar-refractivity contribution in [1.29, 1.82) is 5.26 Å². The number of likely N-dealkylation sites (N-methyl/N-ethyl adjacent to an activating group) is 1. The molecule has 1 amide bonds. The van der Waals surface area contributed by atoms with Crippen molar-refractivity contribution in [2.75, 3.05) is 19.6 Å². The van der Waals surface area contributed by atoms with Gasteiger partial charge in [-0.25, -0.2) is 0 Å². The normalized spacial score (nSPS) is 12.2. The molecule has 0 aromatic carbocycles. The zero-order chi connectivity index (χ0) is 11.7. The first kappa shape index (κ1) is 13.9. The predicted molar refractivity (Wildman–Crippen MR) is 60.2 cm³/mol. The summed E-state index contributed by atoms with van der Waals surface area (Å²) < 4.78 is 0. The average molecular weight is 211 g/mol. The molecule has 1 atom stereocenters. The third kappa shape index (κ3) is 5.38. The minimum Gasteiger partial charge on any atom is -0.355 e. The van der Waals surface area contributed by atoms with Crippen molar-refractivity contribution in [2.24, 2.45) is 0 Å². The van der Waals surface area contributed by atoms with E-state index >= 15 is 0 Å². The van der Waals surface area contributed by atoms with Crippen molar-refractivity contribution < 1.29 is 4.79 Å². The van der Waals surface area contributed by atoms with E-state index < -0.39 is 0 Å². The summed E-state index contributed by atoms with van der Waals surface area (Å²) >= 11 is 0. The number of rotatable bonds is 7. The fourth-order valence-corrected chi connectivity index (χ4v) is 1.32. The monoisotopic (exact) mass is 211 g/mol. The van der Waals surface area contributed by atoms with Gasteiger partial charge in [-0.15, -0.1) is 0 Å². The molecule has 86 valence electrons. The highest BCUT2D eigenvalue weighted by Gasteiger charge is 2.18. The lowest BCUT2D eigenvalue weighted by atomic mass is 10.2. The molecule has 0 saturated carbocycles. The van der Waals surface area contributed by atoms with Gasteiger partial charge in [0.1, 0.15) is 0 Å². The Balaban J connectivity index is 3.99. The molecule has 0 radical (unpaired) electrons. The van der Waals surface area contributed by atoms with Crippen molar-refractivity contribution in [2.45, 2.75) is 39.7 Å². The number of carbonyl (C=O) groups is 1. The van der Waals surface area contributed by atoms with Gasteiger partial charge in [-0.05, 0) is 19.9 Å². The molecule has 0 spiro atoms. The minimum atomic E-state index is -0.216. The first-order valence-electron chi connectivity index (χ1n) is 5.56. The molecule has 0 rings (SSSR count). The van der Waals surface area contributed by atoms with Crippen molar-refractivity contribution in [1.82, 2.24) is 10.2 Å². The molecule has 0 heterocycles. The summed E-state index contributed by atoms with van der Waals surface area (Å²) in [7, 11) is 0. The third-order valence-electron chi connectivity index (χ3n) is 2.44. The molecule has 0 saturated heterocycles. The van der Waals surface area contributed by atoms with Crippen LogP contribution in [-0.2, 0) is 4.79 Å². The lowest BCUT2D eigenvalue weighted by Crippen LogP contribution is -2.45. The highest BCUT2D eigenvalue weighted by atomic mass is 16.2. The highest BCUT2D eigenvalue weighted by Crippen LogP contribution is 1.98. The van der Waals surface area contributed by atoms with Gasteiger partial charge in [0.25, 0.3) is 0 Å². The first-order chi connectivity index (χ1) is 7.17. The maximum Gasteiger partial charge on any atom is 0.237 e. The Hall–Kier alpha value is -1.08. The molecule has 1 N–H and O–H groups in total. The maximum atomic E-state index is 11.6. The number of hydrogen-bond acceptors (Lipinski definition) is 3. The van der Waals surface area contributed by atoms with E-state index in [4.69, 9.17) is 5.26 Å². The van der Waals surface area contributed by atoms with Crippen LogP contribution < -0.4 is 5.32 Å². The van der Waals surface area contributed by atoms with Gasteiger partial charge in [0, 0.05) is 6.54 Å². The van der Waals surface area contributed by atoms with E-state index in [1.807, 2.05) is 18.7 Å². The van der Waals surface area contributed by atoms with Gasteiger partial charge < -0.3 is 5.32 Å². The van der Waals surface area contributed by atoms with Crippen molar-refractivity contribution >= 4 is 5.91 Å². The van der Waals surface area contributed by atoms with E-state index in [1.54, 1.807) is 0 Å². The number of nitriles is 1. The Labute approximate surface area is 92.3 Å². The molecule has 4 nitrogen and oxygen atoms in total. The Kier molecular flexibility index (Phi) is 7.65. The summed E-state index contributed by atoms with van der Waals surface area (Å²) in [6, 6.07) is 1.85. The molecular formula is C11H21N3O. The minimum absolute atomic E-state index is 0.0144. The molecule has 4 heteroatoms. The number of carbonyl (C=O) groups excluding carboxylic acids is 1. The van der Waals surface area contributed by atoms with Crippen molar-refractivity contribution in [3.8, 4) is 6.07 Å². The second-order valence-corrected chi connectivity index (χ2v) is 3.54.